The molecule has 35 heavy (non-hydrogen) atoms. The van der Waals surface area contributed by atoms with Crippen LogP contribution in [0, 0.1) is 0 Å². The summed E-state index contributed by atoms with van der Waals surface area (Å²) in [6.45, 7) is 0.0526. The summed E-state index contributed by atoms with van der Waals surface area (Å²) in [6.07, 6.45) is 3.97. The molecule has 2 aromatic rings. The number of aryl methyl sites for hydroxylation is 1. The number of sulfonamides is 1. The van der Waals surface area contributed by atoms with E-state index in [1.165, 1.54) is 28.0 Å². The third kappa shape index (κ3) is 5.29. The first-order valence-corrected chi connectivity index (χ1v) is 13.5. The molecule has 1 aromatic carbocycles. The fourth-order valence-corrected chi connectivity index (χ4v) is 7.05. The summed E-state index contributed by atoms with van der Waals surface area (Å²) >= 11 is 0. The molecule has 10 nitrogen and oxygen atoms in total. The van der Waals surface area contributed by atoms with Crippen LogP contribution in [-0.2, 0) is 44.2 Å². The van der Waals surface area contributed by atoms with Crippen LogP contribution in [0.1, 0.15) is 30.4 Å². The molecule has 1 aromatic heterocycles. The average Bonchev–Trinajstić information content (AvgIpc) is 3.42. The maximum atomic E-state index is 13.4. The van der Waals surface area contributed by atoms with Gasteiger partial charge in [-0.15, -0.1) is 0 Å². The highest BCUT2D eigenvalue weighted by molar-refractivity contribution is 7.89. The maximum Gasteiger partial charge on any atom is 0.262 e. The number of amides is 1. The van der Waals surface area contributed by atoms with Crippen molar-refractivity contribution in [3.8, 4) is 0 Å². The van der Waals surface area contributed by atoms with Gasteiger partial charge in [0.25, 0.3) is 10.0 Å². The van der Waals surface area contributed by atoms with Gasteiger partial charge in [0, 0.05) is 25.8 Å². The summed E-state index contributed by atoms with van der Waals surface area (Å²) in [5.74, 6) is -0.0635. The number of β-amino-alcohol motifs (C(OH)–C–C–N with tert-alkyl or cyclic N) is 1. The molecule has 3 heterocycles. The quantitative estimate of drug-likeness (QED) is 0.604. The molecule has 2 aliphatic heterocycles. The van der Waals surface area contributed by atoms with Gasteiger partial charge in [-0.3, -0.25) is 4.79 Å². The van der Waals surface area contributed by atoms with Gasteiger partial charge in [-0.25, -0.2) is 13.4 Å². The van der Waals surface area contributed by atoms with E-state index in [4.69, 9.17) is 9.47 Å². The van der Waals surface area contributed by atoms with E-state index in [2.05, 4.69) is 22.4 Å². The lowest BCUT2D eigenvalue weighted by atomic mass is 9.96. The van der Waals surface area contributed by atoms with Crippen LogP contribution in [0.2, 0.25) is 0 Å². The standard InChI is InChI=1S/C24H32N4O6S/c1-27-12-24(25-15-27)35(31,32)28-11-19(29)13-33-14-22-21(28)7-6-20(34-22)10-23(30)26-18-8-16-4-2-3-5-17(16)9-18/h2-5,12,15,18-22,29H,6-11,13-14H2,1H3,(H,26,30)/t19-,20-,21+,22-/m1/s1. The number of carbonyl (C=O) groups is 1. The zero-order chi connectivity index (χ0) is 24.6. The summed E-state index contributed by atoms with van der Waals surface area (Å²) in [4.78, 5) is 16.8. The highest BCUT2D eigenvalue weighted by Gasteiger charge is 2.44. The van der Waals surface area contributed by atoms with Crippen LogP contribution in [0.3, 0.4) is 0 Å². The van der Waals surface area contributed by atoms with Crippen molar-refractivity contribution in [3.63, 3.8) is 0 Å². The molecule has 0 spiro atoms. The average molecular weight is 505 g/mol. The van der Waals surface area contributed by atoms with Crippen LogP contribution in [-0.4, -0.2) is 83.4 Å². The van der Waals surface area contributed by atoms with Gasteiger partial charge < -0.3 is 24.5 Å². The topological polar surface area (TPSA) is 123 Å². The Balaban J connectivity index is 1.24. The summed E-state index contributed by atoms with van der Waals surface area (Å²) < 4.78 is 41.5. The number of hydrogen-bond acceptors (Lipinski definition) is 7. The molecule has 1 aliphatic carbocycles. The second kappa shape index (κ2) is 9.98. The van der Waals surface area contributed by atoms with Crippen LogP contribution in [0.4, 0.5) is 0 Å². The number of nitrogens with one attached hydrogen (secondary N) is 1. The van der Waals surface area contributed by atoms with Gasteiger partial charge in [-0.2, -0.15) is 4.31 Å². The van der Waals surface area contributed by atoms with Crippen molar-refractivity contribution in [1.29, 1.82) is 0 Å². The van der Waals surface area contributed by atoms with E-state index in [-0.39, 0.29) is 49.3 Å². The maximum absolute atomic E-state index is 13.4. The predicted octanol–water partition coefficient (Wildman–Crippen LogP) is 0.392. The van der Waals surface area contributed by atoms with E-state index in [1.54, 1.807) is 11.6 Å². The minimum atomic E-state index is -3.94. The Bertz CT molecular complexity index is 1140. The largest absolute Gasteiger partial charge is 0.389 e. The second-order valence-electron chi connectivity index (χ2n) is 9.73. The molecular weight excluding hydrogens is 472 g/mol. The minimum absolute atomic E-state index is 0.00815. The van der Waals surface area contributed by atoms with Crippen LogP contribution in [0.15, 0.2) is 41.8 Å². The van der Waals surface area contributed by atoms with Gasteiger partial charge in [0.1, 0.15) is 0 Å². The van der Waals surface area contributed by atoms with Crippen molar-refractivity contribution >= 4 is 15.9 Å². The normalized spacial score (nSPS) is 28.1. The number of imidazole rings is 1. The second-order valence-corrected chi connectivity index (χ2v) is 11.6. The van der Waals surface area contributed by atoms with Crippen molar-refractivity contribution in [2.24, 2.45) is 7.05 Å². The third-order valence-corrected chi connectivity index (χ3v) is 8.79. The minimum Gasteiger partial charge on any atom is -0.389 e. The van der Waals surface area contributed by atoms with Gasteiger partial charge in [-0.05, 0) is 36.8 Å². The summed E-state index contributed by atoms with van der Waals surface area (Å²) in [5.41, 5.74) is 2.55. The van der Waals surface area contributed by atoms with Crippen molar-refractivity contribution < 1.29 is 27.8 Å². The zero-order valence-electron chi connectivity index (χ0n) is 19.7. The van der Waals surface area contributed by atoms with Crippen LogP contribution < -0.4 is 5.32 Å². The van der Waals surface area contributed by atoms with E-state index in [0.717, 1.165) is 12.8 Å². The molecule has 0 unspecified atom stereocenters. The lowest BCUT2D eigenvalue weighted by Crippen LogP contribution is -2.57. The molecule has 11 heteroatoms. The van der Waals surface area contributed by atoms with E-state index < -0.39 is 28.3 Å². The SMILES string of the molecule is Cn1cnc(S(=O)(=O)N2C[C@@H](O)COC[C@H]3O[C@@H](CC(=O)NC4Cc5ccccc5C4)CC[C@@H]32)c1. The number of fused-ring (bicyclic) bond motifs is 2. The van der Waals surface area contributed by atoms with Crippen LogP contribution in [0.5, 0.6) is 0 Å². The molecular formula is C24H32N4O6S. The third-order valence-electron chi connectivity index (χ3n) is 7.02. The number of aliphatic hydroxyl groups excluding tert-OH is 1. The Morgan fingerprint density at radius 1 is 1.20 bits per heavy atom. The summed E-state index contributed by atoms with van der Waals surface area (Å²) in [5, 5.41) is 13.4. The monoisotopic (exact) mass is 504 g/mol. The first-order chi connectivity index (χ1) is 16.8. The van der Waals surface area contributed by atoms with E-state index >= 15 is 0 Å². The van der Waals surface area contributed by atoms with Gasteiger partial charge in [0.15, 0.2) is 5.03 Å². The fourth-order valence-electron chi connectivity index (χ4n) is 5.37. The zero-order valence-corrected chi connectivity index (χ0v) is 20.6. The molecule has 2 saturated heterocycles. The van der Waals surface area contributed by atoms with Crippen molar-refractivity contribution in [2.75, 3.05) is 19.8 Å². The molecule has 1 amide bonds. The number of benzene rings is 1. The van der Waals surface area contributed by atoms with Crippen LogP contribution >= 0.6 is 0 Å². The smallest absolute Gasteiger partial charge is 0.262 e. The molecule has 3 aliphatic rings. The molecule has 0 bridgehead atoms. The number of rotatable bonds is 5. The van der Waals surface area contributed by atoms with Crippen molar-refractivity contribution in [1.82, 2.24) is 19.2 Å². The highest BCUT2D eigenvalue weighted by atomic mass is 32.2. The molecule has 0 saturated carbocycles. The number of carbonyl (C=O) groups excluding carboxylic acids is 1. The molecule has 5 rings (SSSR count). The summed E-state index contributed by atoms with van der Waals surface area (Å²) in [7, 11) is -2.24. The van der Waals surface area contributed by atoms with E-state index in [9.17, 15) is 18.3 Å². The predicted molar refractivity (Wildman–Crippen MR) is 126 cm³/mol. The lowest BCUT2D eigenvalue weighted by molar-refractivity contribution is -0.146. The van der Waals surface area contributed by atoms with Gasteiger partial charge in [0.2, 0.25) is 5.91 Å². The van der Waals surface area contributed by atoms with Gasteiger partial charge >= 0.3 is 0 Å². The number of ether oxygens (including phenoxy) is 2. The number of aromatic nitrogens is 2. The molecule has 0 radical (unpaired) electrons. The Morgan fingerprint density at radius 2 is 1.94 bits per heavy atom. The molecule has 190 valence electrons. The van der Waals surface area contributed by atoms with E-state index in [1.807, 2.05) is 12.1 Å². The number of aliphatic hydroxyl groups is 1. The van der Waals surface area contributed by atoms with Gasteiger partial charge in [0.05, 0.1) is 50.3 Å². The molecule has 4 atom stereocenters. The first kappa shape index (κ1) is 24.4. The Hall–Kier alpha value is -2.31. The Kier molecular flexibility index (Phi) is 6.95. The number of nitrogens with zero attached hydrogens (tertiary/aromatic N) is 3. The molecule has 2 fully saturated rings. The highest BCUT2D eigenvalue weighted by Crippen LogP contribution is 2.31. The fraction of sp³-hybridized carbons (Fsp3) is 0.583. The Labute approximate surface area is 205 Å². The van der Waals surface area contributed by atoms with Crippen molar-refractivity contribution in [2.45, 2.75) is 67.5 Å². The molecule has 2 N–H and O–H groups in total. The summed E-state index contributed by atoms with van der Waals surface area (Å²) in [6, 6.07) is 7.80. The number of hydrogen-bond donors (Lipinski definition) is 2. The Morgan fingerprint density at radius 3 is 2.63 bits per heavy atom. The van der Waals surface area contributed by atoms with E-state index in [0.29, 0.717) is 12.8 Å². The van der Waals surface area contributed by atoms with Crippen molar-refractivity contribution in [3.05, 3.63) is 47.9 Å². The van der Waals surface area contributed by atoms with Crippen LogP contribution in [0.25, 0.3) is 0 Å². The lowest BCUT2D eigenvalue weighted by Gasteiger charge is -2.43. The first-order valence-electron chi connectivity index (χ1n) is 12.1. The van der Waals surface area contributed by atoms with Gasteiger partial charge in [-0.1, -0.05) is 24.3 Å².